The number of esters is 1. The van der Waals surface area contributed by atoms with Crippen molar-refractivity contribution in [3.05, 3.63) is 29.8 Å². The third kappa shape index (κ3) is 4.62. The summed E-state index contributed by atoms with van der Waals surface area (Å²) in [5.74, 6) is -0.288. The maximum Gasteiger partial charge on any atom is 0.338 e. The molecule has 0 spiro atoms. The summed E-state index contributed by atoms with van der Waals surface area (Å²) in [6.07, 6.45) is 1.94. The Morgan fingerprint density at radius 1 is 1.15 bits per heavy atom. The highest BCUT2D eigenvalue weighted by Crippen LogP contribution is 2.25. The van der Waals surface area contributed by atoms with Crippen molar-refractivity contribution < 1.29 is 19.1 Å². The minimum absolute atomic E-state index is 0.148. The third-order valence-electron chi connectivity index (χ3n) is 4.83. The summed E-state index contributed by atoms with van der Waals surface area (Å²) in [5, 5.41) is 2.77. The van der Waals surface area contributed by atoms with E-state index >= 15 is 0 Å². The summed E-state index contributed by atoms with van der Waals surface area (Å²) < 4.78 is 4.93. The maximum absolute atomic E-state index is 12.8. The fraction of sp³-hybridized carbons (Fsp3) is 0.550. The molecule has 2 rings (SSSR count). The van der Waals surface area contributed by atoms with Gasteiger partial charge in [0.25, 0.3) is 0 Å². The molecule has 6 heteroatoms. The van der Waals surface area contributed by atoms with Crippen molar-refractivity contribution in [3.63, 3.8) is 0 Å². The van der Waals surface area contributed by atoms with Gasteiger partial charge in [-0.2, -0.15) is 0 Å². The second-order valence-corrected chi connectivity index (χ2v) is 7.35. The molecule has 1 heterocycles. The number of benzene rings is 1. The van der Waals surface area contributed by atoms with Crippen LogP contribution in [0, 0.1) is 11.3 Å². The number of nitrogens with zero attached hydrogens (tertiary/aromatic N) is 1. The van der Waals surface area contributed by atoms with E-state index in [2.05, 4.69) is 12.2 Å². The SMILES string of the molecule is CCOC(=O)c1ccc(NC(=O)C(C)(C)C(=O)N2CCC(C)CC2)cc1. The van der Waals surface area contributed by atoms with Gasteiger partial charge < -0.3 is 15.0 Å². The lowest BCUT2D eigenvalue weighted by molar-refractivity contribution is -0.147. The Hall–Kier alpha value is -2.37. The van der Waals surface area contributed by atoms with Crippen molar-refractivity contribution in [1.29, 1.82) is 0 Å². The van der Waals surface area contributed by atoms with E-state index in [1.807, 2.05) is 0 Å². The van der Waals surface area contributed by atoms with Crippen molar-refractivity contribution in [1.82, 2.24) is 4.90 Å². The molecule has 0 radical (unpaired) electrons. The lowest BCUT2D eigenvalue weighted by atomic mass is 9.88. The van der Waals surface area contributed by atoms with Crippen LogP contribution in [0.4, 0.5) is 5.69 Å². The topological polar surface area (TPSA) is 75.7 Å². The lowest BCUT2D eigenvalue weighted by Crippen LogP contribution is -2.49. The monoisotopic (exact) mass is 360 g/mol. The Balaban J connectivity index is 2.01. The Morgan fingerprint density at radius 3 is 2.27 bits per heavy atom. The number of nitrogens with one attached hydrogen (secondary N) is 1. The number of carbonyl (C=O) groups is 3. The molecule has 142 valence electrons. The van der Waals surface area contributed by atoms with E-state index in [0.717, 1.165) is 12.8 Å². The Bertz CT molecular complexity index is 659. The molecular formula is C20H28N2O4. The highest BCUT2D eigenvalue weighted by atomic mass is 16.5. The summed E-state index contributed by atoms with van der Waals surface area (Å²) in [5.41, 5.74) is -0.195. The molecule has 1 fully saturated rings. The van der Waals surface area contributed by atoms with Gasteiger partial charge >= 0.3 is 5.97 Å². The van der Waals surface area contributed by atoms with Crippen molar-refractivity contribution in [2.24, 2.45) is 11.3 Å². The van der Waals surface area contributed by atoms with Crippen molar-refractivity contribution in [2.45, 2.75) is 40.5 Å². The van der Waals surface area contributed by atoms with Gasteiger partial charge in [0, 0.05) is 18.8 Å². The molecule has 1 aromatic rings. The molecule has 0 unspecified atom stereocenters. The quantitative estimate of drug-likeness (QED) is 0.647. The second-order valence-electron chi connectivity index (χ2n) is 7.35. The van der Waals surface area contributed by atoms with Gasteiger partial charge in [-0.1, -0.05) is 6.92 Å². The van der Waals surface area contributed by atoms with Crippen LogP contribution in [0.3, 0.4) is 0 Å². The Kier molecular flexibility index (Phi) is 6.40. The van der Waals surface area contributed by atoms with Crippen LogP contribution in [0.1, 0.15) is 50.9 Å². The van der Waals surface area contributed by atoms with E-state index in [4.69, 9.17) is 4.74 Å². The van der Waals surface area contributed by atoms with Crippen LogP contribution in [0.15, 0.2) is 24.3 Å². The van der Waals surface area contributed by atoms with E-state index in [-0.39, 0.29) is 11.8 Å². The van der Waals surface area contributed by atoms with Crippen LogP contribution in [-0.4, -0.2) is 42.4 Å². The van der Waals surface area contributed by atoms with Gasteiger partial charge in [-0.15, -0.1) is 0 Å². The molecule has 1 N–H and O–H groups in total. The van der Waals surface area contributed by atoms with Crippen LogP contribution in [0.5, 0.6) is 0 Å². The predicted octanol–water partition coefficient (Wildman–Crippen LogP) is 3.09. The molecule has 0 saturated carbocycles. The summed E-state index contributed by atoms with van der Waals surface area (Å²) in [6.45, 7) is 8.93. The number of hydrogen-bond donors (Lipinski definition) is 1. The van der Waals surface area contributed by atoms with Crippen molar-refractivity contribution >= 4 is 23.5 Å². The molecule has 26 heavy (non-hydrogen) atoms. The van der Waals surface area contributed by atoms with E-state index in [9.17, 15) is 14.4 Å². The largest absolute Gasteiger partial charge is 0.462 e. The van der Waals surface area contributed by atoms with Crippen LogP contribution < -0.4 is 5.32 Å². The first-order valence-corrected chi connectivity index (χ1v) is 9.13. The van der Waals surface area contributed by atoms with Crippen molar-refractivity contribution in [2.75, 3.05) is 25.0 Å². The molecule has 0 aliphatic carbocycles. The van der Waals surface area contributed by atoms with E-state index in [1.54, 1.807) is 49.9 Å². The number of ether oxygens (including phenoxy) is 1. The minimum atomic E-state index is -1.15. The summed E-state index contributed by atoms with van der Waals surface area (Å²) in [7, 11) is 0. The van der Waals surface area contributed by atoms with Crippen molar-refractivity contribution in [3.8, 4) is 0 Å². The molecule has 0 aromatic heterocycles. The first kappa shape index (κ1) is 19.9. The van der Waals surface area contributed by atoms with E-state index in [0.29, 0.717) is 36.9 Å². The normalized spacial score (nSPS) is 15.5. The molecule has 0 atom stereocenters. The summed E-state index contributed by atoms with van der Waals surface area (Å²) in [4.78, 5) is 38.9. The molecule has 6 nitrogen and oxygen atoms in total. The number of carbonyl (C=O) groups excluding carboxylic acids is 3. The fourth-order valence-electron chi connectivity index (χ4n) is 2.90. The Morgan fingerprint density at radius 2 is 1.73 bits per heavy atom. The van der Waals surface area contributed by atoms with Crippen LogP contribution in [0.25, 0.3) is 0 Å². The van der Waals surface area contributed by atoms with Gasteiger partial charge in [-0.3, -0.25) is 9.59 Å². The predicted molar refractivity (Wildman–Crippen MR) is 99.8 cm³/mol. The molecule has 2 amide bonds. The zero-order valence-corrected chi connectivity index (χ0v) is 16.0. The highest BCUT2D eigenvalue weighted by molar-refractivity contribution is 6.10. The lowest BCUT2D eigenvalue weighted by Gasteiger charge is -2.35. The number of amides is 2. The molecule has 1 aliphatic rings. The fourth-order valence-corrected chi connectivity index (χ4v) is 2.90. The first-order chi connectivity index (χ1) is 12.3. The number of anilines is 1. The van der Waals surface area contributed by atoms with Crippen LogP contribution in [0.2, 0.25) is 0 Å². The maximum atomic E-state index is 12.8. The second kappa shape index (κ2) is 8.34. The highest BCUT2D eigenvalue weighted by Gasteiger charge is 2.40. The standard InChI is InChI=1S/C20H28N2O4/c1-5-26-17(23)15-6-8-16(9-7-15)21-18(24)20(3,4)19(25)22-12-10-14(2)11-13-22/h6-9,14H,5,10-13H2,1-4H3,(H,21,24). The van der Waals surface area contributed by atoms with Gasteiger partial charge in [-0.25, -0.2) is 4.79 Å². The molecule has 0 bridgehead atoms. The first-order valence-electron chi connectivity index (χ1n) is 9.13. The average molecular weight is 360 g/mol. The molecule has 1 saturated heterocycles. The van der Waals surface area contributed by atoms with Crippen LogP contribution >= 0.6 is 0 Å². The van der Waals surface area contributed by atoms with Gasteiger partial charge in [0.1, 0.15) is 5.41 Å². The van der Waals surface area contributed by atoms with Crippen LogP contribution in [-0.2, 0) is 14.3 Å². The zero-order chi connectivity index (χ0) is 19.3. The summed E-state index contributed by atoms with van der Waals surface area (Å²) in [6, 6.07) is 6.45. The summed E-state index contributed by atoms with van der Waals surface area (Å²) >= 11 is 0. The number of likely N-dealkylation sites (tertiary alicyclic amines) is 1. The Labute approximate surface area is 154 Å². The number of rotatable bonds is 5. The number of piperidine rings is 1. The van der Waals surface area contributed by atoms with Gasteiger partial charge in [-0.05, 0) is 63.8 Å². The minimum Gasteiger partial charge on any atom is -0.462 e. The van der Waals surface area contributed by atoms with E-state index in [1.165, 1.54) is 0 Å². The molecular weight excluding hydrogens is 332 g/mol. The van der Waals surface area contributed by atoms with Gasteiger partial charge in [0.15, 0.2) is 0 Å². The molecule has 1 aromatic carbocycles. The third-order valence-corrected chi connectivity index (χ3v) is 4.83. The average Bonchev–Trinajstić information content (AvgIpc) is 2.62. The number of hydrogen-bond acceptors (Lipinski definition) is 4. The smallest absolute Gasteiger partial charge is 0.338 e. The van der Waals surface area contributed by atoms with Gasteiger partial charge in [0.2, 0.25) is 11.8 Å². The molecule has 1 aliphatic heterocycles. The van der Waals surface area contributed by atoms with Gasteiger partial charge in [0.05, 0.1) is 12.2 Å². The zero-order valence-electron chi connectivity index (χ0n) is 16.0. The van der Waals surface area contributed by atoms with E-state index < -0.39 is 11.4 Å².